The number of likely N-dealkylation sites (tertiary alicyclic amines) is 1. The number of nitrogens with zero attached hydrogens (tertiary/aromatic N) is 1. The van der Waals surface area contributed by atoms with Crippen LogP contribution >= 0.6 is 12.4 Å². The van der Waals surface area contributed by atoms with Crippen molar-refractivity contribution < 1.29 is 9.53 Å². The van der Waals surface area contributed by atoms with E-state index >= 15 is 0 Å². The average Bonchev–Trinajstić information content (AvgIpc) is 2.44. The Kier molecular flexibility index (Phi) is 4.89. The maximum absolute atomic E-state index is 12.0. The van der Waals surface area contributed by atoms with Crippen molar-refractivity contribution in [2.75, 3.05) is 26.2 Å². The summed E-state index contributed by atoms with van der Waals surface area (Å²) in [6.45, 7) is 4.24. The van der Waals surface area contributed by atoms with Gasteiger partial charge in [-0.15, -0.1) is 12.4 Å². The van der Waals surface area contributed by atoms with E-state index in [0.29, 0.717) is 12.0 Å². The number of amides is 1. The molecule has 2 aliphatic rings. The van der Waals surface area contributed by atoms with Gasteiger partial charge in [0.05, 0.1) is 0 Å². The number of carbonyl (C=O) groups excluding carboxylic acids is 1. The first-order valence-corrected chi connectivity index (χ1v) is 6.94. The summed E-state index contributed by atoms with van der Waals surface area (Å²) in [6.07, 6.45) is 2.02. The second-order valence-electron chi connectivity index (χ2n) is 5.63. The predicted molar refractivity (Wildman–Crippen MR) is 80.0 cm³/mol. The lowest BCUT2D eigenvalue weighted by Crippen LogP contribution is -2.58. The molecule has 3 rings (SSSR count). The molecule has 1 aromatic carbocycles. The minimum absolute atomic E-state index is 0. The third kappa shape index (κ3) is 3.25. The maximum atomic E-state index is 12.0. The number of benzene rings is 1. The van der Waals surface area contributed by atoms with Crippen LogP contribution in [0, 0.1) is 5.41 Å². The quantitative estimate of drug-likeness (QED) is 0.911. The van der Waals surface area contributed by atoms with Gasteiger partial charge in [-0.25, -0.2) is 4.79 Å². The van der Waals surface area contributed by atoms with E-state index in [1.165, 1.54) is 0 Å². The summed E-state index contributed by atoms with van der Waals surface area (Å²) in [5, 5.41) is 3.33. The number of rotatable bonds is 2. The van der Waals surface area contributed by atoms with Gasteiger partial charge in [-0.1, -0.05) is 30.3 Å². The molecule has 0 bridgehead atoms. The zero-order chi connectivity index (χ0) is 13.1. The van der Waals surface area contributed by atoms with Crippen LogP contribution < -0.4 is 5.32 Å². The Labute approximate surface area is 125 Å². The molecule has 0 aliphatic carbocycles. The summed E-state index contributed by atoms with van der Waals surface area (Å²) in [5.74, 6) is 0. The highest BCUT2D eigenvalue weighted by atomic mass is 35.5. The fourth-order valence-electron chi connectivity index (χ4n) is 2.81. The average molecular weight is 297 g/mol. The molecule has 0 unspecified atom stereocenters. The van der Waals surface area contributed by atoms with E-state index in [1.54, 1.807) is 0 Å². The Morgan fingerprint density at radius 1 is 1.20 bits per heavy atom. The van der Waals surface area contributed by atoms with Crippen molar-refractivity contribution in [2.45, 2.75) is 19.4 Å². The number of ether oxygens (including phenoxy) is 1. The lowest BCUT2D eigenvalue weighted by atomic mass is 9.73. The summed E-state index contributed by atoms with van der Waals surface area (Å²) in [6, 6.07) is 9.81. The normalized spacial score (nSPS) is 19.9. The molecule has 0 saturated carbocycles. The van der Waals surface area contributed by atoms with Crippen molar-refractivity contribution in [3.8, 4) is 0 Å². The number of hydrogen-bond donors (Lipinski definition) is 1. The summed E-state index contributed by atoms with van der Waals surface area (Å²) in [5.41, 5.74) is 1.50. The SMILES string of the molecule is Cl.O=C(OCc1ccccc1)N1CCC2(CC1)CNC2. The Morgan fingerprint density at radius 3 is 2.40 bits per heavy atom. The first-order chi connectivity index (χ1) is 9.27. The van der Waals surface area contributed by atoms with E-state index in [-0.39, 0.29) is 18.5 Å². The van der Waals surface area contributed by atoms with Crippen LogP contribution in [0.5, 0.6) is 0 Å². The van der Waals surface area contributed by atoms with Crippen LogP contribution in [0.15, 0.2) is 30.3 Å². The molecule has 110 valence electrons. The Balaban J connectivity index is 0.00000147. The van der Waals surface area contributed by atoms with Crippen molar-refractivity contribution in [3.05, 3.63) is 35.9 Å². The zero-order valence-electron chi connectivity index (χ0n) is 11.5. The van der Waals surface area contributed by atoms with Gasteiger partial charge in [0.2, 0.25) is 0 Å². The van der Waals surface area contributed by atoms with E-state index in [9.17, 15) is 4.79 Å². The monoisotopic (exact) mass is 296 g/mol. The number of halogens is 1. The zero-order valence-corrected chi connectivity index (χ0v) is 12.3. The van der Waals surface area contributed by atoms with Crippen LogP contribution in [0.1, 0.15) is 18.4 Å². The molecule has 1 amide bonds. The number of hydrogen-bond acceptors (Lipinski definition) is 3. The second-order valence-corrected chi connectivity index (χ2v) is 5.63. The standard InChI is InChI=1S/C15H20N2O2.ClH/c18-14(19-10-13-4-2-1-3-5-13)17-8-6-15(7-9-17)11-16-12-15;/h1-5,16H,6-12H2;1H. The second kappa shape index (κ2) is 6.46. The van der Waals surface area contributed by atoms with Gasteiger partial charge in [0.1, 0.15) is 6.61 Å². The number of nitrogens with one attached hydrogen (secondary N) is 1. The fraction of sp³-hybridized carbons (Fsp3) is 0.533. The van der Waals surface area contributed by atoms with Crippen molar-refractivity contribution in [2.24, 2.45) is 5.41 Å². The van der Waals surface area contributed by atoms with Crippen molar-refractivity contribution in [3.63, 3.8) is 0 Å². The van der Waals surface area contributed by atoms with Crippen LogP contribution in [-0.4, -0.2) is 37.2 Å². The number of carbonyl (C=O) groups is 1. The van der Waals surface area contributed by atoms with Gasteiger partial charge in [0.15, 0.2) is 0 Å². The molecule has 20 heavy (non-hydrogen) atoms. The van der Waals surface area contributed by atoms with Gasteiger partial charge >= 0.3 is 6.09 Å². The van der Waals surface area contributed by atoms with Crippen molar-refractivity contribution >= 4 is 18.5 Å². The molecule has 1 N–H and O–H groups in total. The molecule has 2 aliphatic heterocycles. The summed E-state index contributed by atoms with van der Waals surface area (Å²) in [7, 11) is 0. The van der Waals surface area contributed by atoms with Gasteiger partial charge in [-0.05, 0) is 23.8 Å². The van der Waals surface area contributed by atoms with E-state index in [2.05, 4.69) is 5.32 Å². The van der Waals surface area contributed by atoms with Gasteiger partial charge in [0.25, 0.3) is 0 Å². The molecule has 2 saturated heterocycles. The molecular weight excluding hydrogens is 276 g/mol. The van der Waals surface area contributed by atoms with Crippen LogP contribution in [0.25, 0.3) is 0 Å². The highest BCUT2D eigenvalue weighted by Gasteiger charge is 2.40. The van der Waals surface area contributed by atoms with Crippen LogP contribution in [0.4, 0.5) is 4.79 Å². The highest BCUT2D eigenvalue weighted by molar-refractivity contribution is 5.85. The molecule has 0 radical (unpaired) electrons. The third-order valence-corrected chi connectivity index (χ3v) is 4.29. The van der Waals surface area contributed by atoms with E-state index in [1.807, 2.05) is 35.2 Å². The number of piperidine rings is 1. The van der Waals surface area contributed by atoms with Gasteiger partial charge in [0, 0.05) is 26.2 Å². The molecule has 0 atom stereocenters. The van der Waals surface area contributed by atoms with Gasteiger partial charge in [-0.2, -0.15) is 0 Å². The van der Waals surface area contributed by atoms with Crippen LogP contribution in [0.3, 0.4) is 0 Å². The third-order valence-electron chi connectivity index (χ3n) is 4.29. The lowest BCUT2D eigenvalue weighted by molar-refractivity contribution is 0.0384. The molecule has 2 heterocycles. The molecule has 5 heteroatoms. The van der Waals surface area contributed by atoms with Crippen LogP contribution in [-0.2, 0) is 11.3 Å². The minimum Gasteiger partial charge on any atom is -0.445 e. The largest absolute Gasteiger partial charge is 0.445 e. The molecular formula is C15H21ClN2O2. The lowest BCUT2D eigenvalue weighted by Gasteiger charge is -2.48. The highest BCUT2D eigenvalue weighted by Crippen LogP contribution is 2.35. The van der Waals surface area contributed by atoms with Gasteiger partial charge < -0.3 is 15.0 Å². The van der Waals surface area contributed by atoms with Crippen LogP contribution in [0.2, 0.25) is 0 Å². The maximum Gasteiger partial charge on any atom is 0.410 e. The predicted octanol–water partition coefficient (Wildman–Crippen LogP) is 2.43. The topological polar surface area (TPSA) is 41.6 Å². The molecule has 2 fully saturated rings. The Bertz CT molecular complexity index is 438. The van der Waals surface area contributed by atoms with E-state index in [0.717, 1.165) is 44.6 Å². The van der Waals surface area contributed by atoms with Gasteiger partial charge in [-0.3, -0.25) is 0 Å². The fourth-order valence-corrected chi connectivity index (χ4v) is 2.81. The first kappa shape index (κ1) is 15.1. The smallest absolute Gasteiger partial charge is 0.410 e. The summed E-state index contributed by atoms with van der Waals surface area (Å²) in [4.78, 5) is 13.8. The molecule has 4 nitrogen and oxygen atoms in total. The van der Waals surface area contributed by atoms with E-state index < -0.39 is 0 Å². The Hall–Kier alpha value is -1.26. The Morgan fingerprint density at radius 2 is 1.85 bits per heavy atom. The molecule has 1 spiro atoms. The van der Waals surface area contributed by atoms with E-state index in [4.69, 9.17) is 4.74 Å². The summed E-state index contributed by atoms with van der Waals surface area (Å²) >= 11 is 0. The summed E-state index contributed by atoms with van der Waals surface area (Å²) < 4.78 is 5.36. The first-order valence-electron chi connectivity index (χ1n) is 6.94. The molecule has 1 aromatic rings. The van der Waals surface area contributed by atoms with Crippen molar-refractivity contribution in [1.29, 1.82) is 0 Å². The minimum atomic E-state index is -0.175. The molecule has 0 aromatic heterocycles. The van der Waals surface area contributed by atoms with Crippen molar-refractivity contribution in [1.82, 2.24) is 10.2 Å².